The molecule has 2 amide bonds. The Morgan fingerprint density at radius 1 is 1.07 bits per heavy atom. The molecule has 144 valence electrons. The van der Waals surface area contributed by atoms with Gasteiger partial charge in [-0.3, -0.25) is 9.59 Å². The van der Waals surface area contributed by atoms with Crippen molar-refractivity contribution in [3.8, 4) is 0 Å². The number of carbonyl (C=O) groups is 2. The number of halogens is 1. The molecule has 7 nitrogen and oxygen atoms in total. The highest BCUT2D eigenvalue weighted by Crippen LogP contribution is 2.24. The summed E-state index contributed by atoms with van der Waals surface area (Å²) in [5.41, 5.74) is 6.11. The number of carbonyl (C=O) groups excluding carboxylic acids is 2. The number of rotatable bonds is 5. The lowest BCUT2D eigenvalue weighted by Crippen LogP contribution is -2.24. The van der Waals surface area contributed by atoms with E-state index in [0.717, 1.165) is 16.4 Å². The molecule has 0 saturated carbocycles. The van der Waals surface area contributed by atoms with Crippen molar-refractivity contribution in [3.05, 3.63) is 58.4 Å². The average Bonchev–Trinajstić information content (AvgIpc) is 2.58. The van der Waals surface area contributed by atoms with E-state index in [-0.39, 0.29) is 21.7 Å². The molecule has 2 aromatic carbocycles. The number of primary amides is 1. The first kappa shape index (κ1) is 20.5. The first-order chi connectivity index (χ1) is 12.4. The number of amides is 2. The van der Waals surface area contributed by atoms with E-state index in [1.807, 2.05) is 0 Å². The summed E-state index contributed by atoms with van der Waals surface area (Å²) in [6.45, 7) is 3.32. The molecule has 2 rings (SSSR count). The smallest absolute Gasteiger partial charge is 0.255 e. The molecule has 27 heavy (non-hydrogen) atoms. The Morgan fingerprint density at radius 2 is 1.70 bits per heavy atom. The van der Waals surface area contributed by atoms with Crippen LogP contribution in [0.2, 0.25) is 0 Å². The Bertz CT molecular complexity index is 1030. The fraction of sp³-hybridized carbons (Fsp3) is 0.222. The van der Waals surface area contributed by atoms with Crippen molar-refractivity contribution in [3.63, 3.8) is 0 Å². The summed E-state index contributed by atoms with van der Waals surface area (Å²) in [6.07, 6.45) is 0. The van der Waals surface area contributed by atoms with Gasteiger partial charge in [-0.15, -0.1) is 0 Å². The van der Waals surface area contributed by atoms with Crippen LogP contribution < -0.4 is 11.1 Å². The quantitative estimate of drug-likeness (QED) is 0.810. The lowest BCUT2D eigenvalue weighted by molar-refractivity contribution is 0.0996. The molecule has 0 fully saturated rings. The number of anilines is 1. The van der Waals surface area contributed by atoms with Gasteiger partial charge < -0.3 is 11.1 Å². The number of nitrogens with zero attached hydrogens (tertiary/aromatic N) is 1. The monoisotopic (exact) mass is 393 g/mol. The van der Waals surface area contributed by atoms with Gasteiger partial charge in [-0.2, -0.15) is 0 Å². The van der Waals surface area contributed by atoms with Crippen LogP contribution in [0.15, 0.2) is 35.2 Å². The zero-order valence-electron chi connectivity index (χ0n) is 15.3. The Hall–Kier alpha value is -2.78. The van der Waals surface area contributed by atoms with Gasteiger partial charge >= 0.3 is 0 Å². The van der Waals surface area contributed by atoms with E-state index in [1.54, 1.807) is 13.8 Å². The Morgan fingerprint density at radius 3 is 2.26 bits per heavy atom. The second kappa shape index (κ2) is 7.45. The SMILES string of the molecule is Cc1cc(C(=O)Nc2cc(C(N)=O)ccc2F)cc(S(=O)(=O)N(C)C)c1C. The average molecular weight is 393 g/mol. The number of benzene rings is 2. The van der Waals surface area contributed by atoms with Crippen LogP contribution in [0, 0.1) is 19.7 Å². The molecule has 0 aliphatic heterocycles. The third kappa shape index (κ3) is 4.15. The normalized spacial score (nSPS) is 11.5. The molecular formula is C18H20FN3O4S. The number of aryl methyl sites for hydroxylation is 1. The van der Waals surface area contributed by atoms with Crippen molar-refractivity contribution in [2.45, 2.75) is 18.7 Å². The van der Waals surface area contributed by atoms with Gasteiger partial charge in [-0.1, -0.05) is 0 Å². The fourth-order valence-corrected chi connectivity index (χ4v) is 3.61. The molecule has 0 heterocycles. The van der Waals surface area contributed by atoms with Crippen molar-refractivity contribution in [1.82, 2.24) is 4.31 Å². The van der Waals surface area contributed by atoms with E-state index >= 15 is 0 Å². The van der Waals surface area contributed by atoms with Gasteiger partial charge in [0, 0.05) is 25.2 Å². The molecule has 3 N–H and O–H groups in total. The highest BCUT2D eigenvalue weighted by atomic mass is 32.2. The Kier molecular flexibility index (Phi) is 5.67. The minimum absolute atomic E-state index is 0.0102. The molecule has 0 saturated heterocycles. The lowest BCUT2D eigenvalue weighted by atomic mass is 10.1. The van der Waals surface area contributed by atoms with Gasteiger partial charge in [0.1, 0.15) is 5.82 Å². The molecule has 0 atom stereocenters. The second-order valence-corrected chi connectivity index (χ2v) is 8.34. The molecule has 0 spiro atoms. The van der Waals surface area contributed by atoms with Gasteiger partial charge in [-0.25, -0.2) is 17.1 Å². The molecule has 0 aromatic heterocycles. The van der Waals surface area contributed by atoms with Crippen LogP contribution in [0.3, 0.4) is 0 Å². The van der Waals surface area contributed by atoms with Crippen LogP contribution in [-0.4, -0.2) is 38.6 Å². The van der Waals surface area contributed by atoms with Gasteiger partial charge in [0.25, 0.3) is 5.91 Å². The van der Waals surface area contributed by atoms with Gasteiger partial charge in [-0.05, 0) is 55.3 Å². The van der Waals surface area contributed by atoms with E-state index in [9.17, 15) is 22.4 Å². The van der Waals surface area contributed by atoms with E-state index in [0.29, 0.717) is 11.1 Å². The predicted molar refractivity (Wildman–Crippen MR) is 99.7 cm³/mol. The zero-order chi connectivity index (χ0) is 20.5. The highest BCUT2D eigenvalue weighted by Gasteiger charge is 2.23. The van der Waals surface area contributed by atoms with Crippen molar-refractivity contribution >= 4 is 27.5 Å². The molecular weight excluding hydrogens is 373 g/mol. The second-order valence-electron chi connectivity index (χ2n) is 6.22. The van der Waals surface area contributed by atoms with E-state index < -0.39 is 27.7 Å². The fourth-order valence-electron chi connectivity index (χ4n) is 2.39. The van der Waals surface area contributed by atoms with E-state index in [1.165, 1.54) is 32.3 Å². The van der Waals surface area contributed by atoms with Gasteiger partial charge in [0.15, 0.2) is 0 Å². The Labute approximate surface area is 157 Å². The maximum atomic E-state index is 14.0. The number of nitrogens with one attached hydrogen (secondary N) is 1. The Balaban J connectivity index is 2.48. The largest absolute Gasteiger partial charge is 0.366 e. The van der Waals surface area contributed by atoms with Crippen molar-refractivity contribution in [2.24, 2.45) is 5.73 Å². The first-order valence-corrected chi connectivity index (χ1v) is 9.33. The molecule has 0 radical (unpaired) electrons. The van der Waals surface area contributed by atoms with Crippen LogP contribution in [0.25, 0.3) is 0 Å². The number of sulfonamides is 1. The minimum atomic E-state index is -3.77. The van der Waals surface area contributed by atoms with Crippen molar-refractivity contribution in [2.75, 3.05) is 19.4 Å². The number of nitrogens with two attached hydrogens (primary N) is 1. The van der Waals surface area contributed by atoms with Crippen LogP contribution in [-0.2, 0) is 10.0 Å². The summed E-state index contributed by atoms with van der Waals surface area (Å²) >= 11 is 0. The first-order valence-electron chi connectivity index (χ1n) is 7.89. The van der Waals surface area contributed by atoms with Crippen LogP contribution in [0.1, 0.15) is 31.8 Å². The van der Waals surface area contributed by atoms with E-state index in [4.69, 9.17) is 5.73 Å². The predicted octanol–water partition coefficient (Wildman–Crippen LogP) is 2.04. The summed E-state index contributed by atoms with van der Waals surface area (Å²) in [4.78, 5) is 23.8. The van der Waals surface area contributed by atoms with Crippen LogP contribution >= 0.6 is 0 Å². The number of hydrogen-bond acceptors (Lipinski definition) is 4. The van der Waals surface area contributed by atoms with Crippen LogP contribution in [0.5, 0.6) is 0 Å². The summed E-state index contributed by atoms with van der Waals surface area (Å²) in [5, 5.41) is 2.35. The lowest BCUT2D eigenvalue weighted by Gasteiger charge is -2.16. The summed E-state index contributed by atoms with van der Waals surface area (Å²) in [5.74, 6) is -2.23. The summed E-state index contributed by atoms with van der Waals surface area (Å²) in [7, 11) is -0.986. The molecule has 0 aliphatic rings. The maximum Gasteiger partial charge on any atom is 0.255 e. The topological polar surface area (TPSA) is 110 Å². The molecule has 0 unspecified atom stereocenters. The van der Waals surface area contributed by atoms with Crippen molar-refractivity contribution < 1.29 is 22.4 Å². The molecule has 2 aromatic rings. The standard InChI is InChI=1S/C18H20FN3O4S/c1-10-7-13(9-16(11(10)2)27(25,26)22(3)4)18(24)21-15-8-12(17(20)23)5-6-14(15)19/h5-9H,1-4H3,(H2,20,23)(H,21,24). The summed E-state index contributed by atoms with van der Waals surface area (Å²) in [6, 6.07) is 6.08. The maximum absolute atomic E-state index is 14.0. The van der Waals surface area contributed by atoms with Crippen LogP contribution in [0.4, 0.5) is 10.1 Å². The number of hydrogen-bond donors (Lipinski definition) is 2. The third-order valence-corrected chi connectivity index (χ3v) is 6.08. The molecule has 0 bridgehead atoms. The van der Waals surface area contributed by atoms with Gasteiger partial charge in [0.2, 0.25) is 15.9 Å². The van der Waals surface area contributed by atoms with Gasteiger partial charge in [0.05, 0.1) is 10.6 Å². The third-order valence-electron chi connectivity index (χ3n) is 4.14. The van der Waals surface area contributed by atoms with E-state index in [2.05, 4.69) is 5.32 Å². The van der Waals surface area contributed by atoms with Crippen molar-refractivity contribution in [1.29, 1.82) is 0 Å². The molecule has 0 aliphatic carbocycles. The minimum Gasteiger partial charge on any atom is -0.366 e. The zero-order valence-corrected chi connectivity index (χ0v) is 16.1. The highest BCUT2D eigenvalue weighted by molar-refractivity contribution is 7.89. The summed E-state index contributed by atoms with van der Waals surface area (Å²) < 4.78 is 40.0. The molecule has 9 heteroatoms.